The molecule has 0 saturated heterocycles. The quantitative estimate of drug-likeness (QED) is 0.762. The zero-order valence-electron chi connectivity index (χ0n) is 14.0. The summed E-state index contributed by atoms with van der Waals surface area (Å²) in [5.41, 5.74) is 2.30. The minimum Gasteiger partial charge on any atom is -0.454 e. The van der Waals surface area contributed by atoms with Crippen LogP contribution in [0.4, 0.5) is 5.82 Å². The summed E-state index contributed by atoms with van der Waals surface area (Å²) in [6, 6.07) is 11.1. The SMILES string of the molecule is Cc1c(Cl)cccc1-n1ccnc(NCc2ccc3c(c2)OCO3)c1=O. The molecule has 1 aliphatic heterocycles. The molecular formula is C19H16ClN3O3. The van der Waals surface area contributed by atoms with Crippen LogP contribution in [-0.4, -0.2) is 16.3 Å². The molecule has 0 atom stereocenters. The molecule has 0 saturated carbocycles. The Morgan fingerprint density at radius 1 is 1.23 bits per heavy atom. The second kappa shape index (κ2) is 6.72. The van der Waals surface area contributed by atoms with Crippen molar-refractivity contribution >= 4 is 17.4 Å². The molecule has 0 fully saturated rings. The van der Waals surface area contributed by atoms with Crippen molar-refractivity contribution in [2.45, 2.75) is 13.5 Å². The molecule has 0 bridgehead atoms. The maximum Gasteiger partial charge on any atom is 0.297 e. The summed E-state index contributed by atoms with van der Waals surface area (Å²) in [5, 5.41) is 3.70. The highest BCUT2D eigenvalue weighted by Crippen LogP contribution is 2.32. The Kier molecular flexibility index (Phi) is 4.26. The van der Waals surface area contributed by atoms with Crippen LogP contribution in [0.25, 0.3) is 5.69 Å². The minimum atomic E-state index is -0.237. The van der Waals surface area contributed by atoms with Crippen LogP contribution in [0.3, 0.4) is 0 Å². The lowest BCUT2D eigenvalue weighted by Crippen LogP contribution is -2.23. The van der Waals surface area contributed by atoms with Gasteiger partial charge in [-0.05, 0) is 42.3 Å². The molecule has 0 aliphatic carbocycles. The van der Waals surface area contributed by atoms with Gasteiger partial charge < -0.3 is 14.8 Å². The summed E-state index contributed by atoms with van der Waals surface area (Å²) < 4.78 is 12.2. The monoisotopic (exact) mass is 369 g/mol. The number of benzene rings is 2. The first-order valence-corrected chi connectivity index (χ1v) is 8.47. The molecule has 0 unspecified atom stereocenters. The molecule has 2 heterocycles. The van der Waals surface area contributed by atoms with Crippen LogP contribution in [0.1, 0.15) is 11.1 Å². The number of nitrogens with one attached hydrogen (secondary N) is 1. The topological polar surface area (TPSA) is 65.4 Å². The average molecular weight is 370 g/mol. The first-order chi connectivity index (χ1) is 12.6. The fourth-order valence-corrected chi connectivity index (χ4v) is 2.99. The van der Waals surface area contributed by atoms with E-state index in [1.165, 1.54) is 4.57 Å². The average Bonchev–Trinajstić information content (AvgIpc) is 3.11. The van der Waals surface area contributed by atoms with Crippen LogP contribution in [0.5, 0.6) is 11.5 Å². The van der Waals surface area contributed by atoms with E-state index in [-0.39, 0.29) is 18.2 Å². The Morgan fingerprint density at radius 3 is 2.96 bits per heavy atom. The van der Waals surface area contributed by atoms with Crippen molar-refractivity contribution in [2.75, 3.05) is 12.1 Å². The molecule has 1 aliphatic rings. The van der Waals surface area contributed by atoms with Crippen LogP contribution in [0.2, 0.25) is 5.02 Å². The lowest BCUT2D eigenvalue weighted by molar-refractivity contribution is 0.174. The van der Waals surface area contributed by atoms with Gasteiger partial charge in [-0.3, -0.25) is 9.36 Å². The van der Waals surface area contributed by atoms with Gasteiger partial charge in [-0.25, -0.2) is 4.98 Å². The van der Waals surface area contributed by atoms with Crippen LogP contribution < -0.4 is 20.3 Å². The Hall–Kier alpha value is -2.99. The first kappa shape index (κ1) is 16.5. The van der Waals surface area contributed by atoms with Gasteiger partial charge in [-0.1, -0.05) is 23.7 Å². The second-order valence-corrected chi connectivity index (χ2v) is 6.28. The first-order valence-electron chi connectivity index (χ1n) is 8.09. The van der Waals surface area contributed by atoms with E-state index in [9.17, 15) is 4.79 Å². The van der Waals surface area contributed by atoms with Crippen LogP contribution in [0.15, 0.2) is 53.6 Å². The van der Waals surface area contributed by atoms with E-state index in [0.29, 0.717) is 17.3 Å². The smallest absolute Gasteiger partial charge is 0.297 e. The molecule has 4 rings (SSSR count). The molecular weight excluding hydrogens is 354 g/mol. The molecule has 1 N–H and O–H groups in total. The predicted octanol–water partition coefficient (Wildman–Crippen LogP) is 3.54. The summed E-state index contributed by atoms with van der Waals surface area (Å²) in [7, 11) is 0. The number of ether oxygens (including phenoxy) is 2. The molecule has 132 valence electrons. The zero-order valence-corrected chi connectivity index (χ0v) is 14.8. The van der Waals surface area contributed by atoms with Gasteiger partial charge in [0.1, 0.15) is 0 Å². The molecule has 3 aromatic rings. The Bertz CT molecular complexity index is 1030. The standard InChI is InChI=1S/C19H16ClN3O3/c1-12-14(20)3-2-4-15(12)23-8-7-21-18(19(23)24)22-10-13-5-6-16-17(9-13)26-11-25-16/h2-9H,10-11H2,1H3,(H,21,22). The fourth-order valence-electron chi connectivity index (χ4n) is 2.82. The number of anilines is 1. The zero-order chi connectivity index (χ0) is 18.1. The third-order valence-electron chi connectivity index (χ3n) is 4.24. The lowest BCUT2D eigenvalue weighted by Gasteiger charge is -2.12. The van der Waals surface area contributed by atoms with Gasteiger partial charge in [-0.2, -0.15) is 0 Å². The Labute approximate surface area is 155 Å². The van der Waals surface area contributed by atoms with Gasteiger partial charge in [0.25, 0.3) is 5.56 Å². The predicted molar refractivity (Wildman–Crippen MR) is 99.5 cm³/mol. The summed E-state index contributed by atoms with van der Waals surface area (Å²) in [6.07, 6.45) is 3.22. The number of nitrogens with zero attached hydrogens (tertiary/aromatic N) is 2. The molecule has 2 aromatic carbocycles. The second-order valence-electron chi connectivity index (χ2n) is 5.88. The van der Waals surface area contributed by atoms with Crippen molar-refractivity contribution in [3.05, 3.63) is 75.3 Å². The number of halogens is 1. The lowest BCUT2D eigenvalue weighted by atomic mass is 10.2. The third-order valence-corrected chi connectivity index (χ3v) is 4.65. The minimum absolute atomic E-state index is 0.232. The van der Waals surface area contributed by atoms with E-state index in [1.807, 2.05) is 37.3 Å². The maximum absolute atomic E-state index is 12.8. The number of rotatable bonds is 4. The normalized spacial score (nSPS) is 12.2. The molecule has 0 radical (unpaired) electrons. The van der Waals surface area contributed by atoms with Crippen LogP contribution >= 0.6 is 11.6 Å². The number of hydrogen-bond donors (Lipinski definition) is 1. The van der Waals surface area contributed by atoms with Crippen LogP contribution in [0, 0.1) is 6.92 Å². The van der Waals surface area contributed by atoms with Crippen molar-refractivity contribution in [3.63, 3.8) is 0 Å². The van der Waals surface area contributed by atoms with Crippen molar-refractivity contribution in [3.8, 4) is 17.2 Å². The summed E-state index contributed by atoms with van der Waals surface area (Å²) in [4.78, 5) is 17.0. The molecule has 0 amide bonds. The third kappa shape index (κ3) is 2.99. The molecule has 7 heteroatoms. The van der Waals surface area contributed by atoms with Crippen molar-refractivity contribution in [1.29, 1.82) is 0 Å². The van der Waals surface area contributed by atoms with E-state index in [1.54, 1.807) is 18.5 Å². The molecule has 1 aromatic heterocycles. The summed E-state index contributed by atoms with van der Waals surface area (Å²) in [6.45, 7) is 2.55. The van der Waals surface area contributed by atoms with Crippen molar-refractivity contribution < 1.29 is 9.47 Å². The van der Waals surface area contributed by atoms with Crippen molar-refractivity contribution in [1.82, 2.24) is 9.55 Å². The van der Waals surface area contributed by atoms with E-state index in [0.717, 1.165) is 22.6 Å². The number of aromatic nitrogens is 2. The van der Waals surface area contributed by atoms with Gasteiger partial charge in [0.15, 0.2) is 17.3 Å². The van der Waals surface area contributed by atoms with E-state index < -0.39 is 0 Å². The summed E-state index contributed by atoms with van der Waals surface area (Å²) in [5.74, 6) is 1.70. The number of hydrogen-bond acceptors (Lipinski definition) is 5. The summed E-state index contributed by atoms with van der Waals surface area (Å²) >= 11 is 6.17. The Morgan fingerprint density at radius 2 is 2.08 bits per heavy atom. The molecule has 6 nitrogen and oxygen atoms in total. The highest BCUT2D eigenvalue weighted by molar-refractivity contribution is 6.31. The van der Waals surface area contributed by atoms with Gasteiger partial charge in [-0.15, -0.1) is 0 Å². The Balaban J connectivity index is 1.60. The van der Waals surface area contributed by atoms with Gasteiger partial charge in [0.05, 0.1) is 5.69 Å². The van der Waals surface area contributed by atoms with E-state index in [2.05, 4.69) is 10.3 Å². The fraction of sp³-hybridized carbons (Fsp3) is 0.158. The highest BCUT2D eigenvalue weighted by Gasteiger charge is 2.14. The van der Waals surface area contributed by atoms with Gasteiger partial charge in [0, 0.05) is 24.0 Å². The van der Waals surface area contributed by atoms with Crippen molar-refractivity contribution in [2.24, 2.45) is 0 Å². The van der Waals surface area contributed by atoms with Gasteiger partial charge in [0.2, 0.25) is 6.79 Å². The van der Waals surface area contributed by atoms with E-state index in [4.69, 9.17) is 21.1 Å². The number of fused-ring (bicyclic) bond motifs is 1. The van der Waals surface area contributed by atoms with Crippen LogP contribution in [-0.2, 0) is 6.54 Å². The van der Waals surface area contributed by atoms with E-state index >= 15 is 0 Å². The highest BCUT2D eigenvalue weighted by atomic mass is 35.5. The molecule has 0 spiro atoms. The maximum atomic E-state index is 12.8. The largest absolute Gasteiger partial charge is 0.454 e. The van der Waals surface area contributed by atoms with Gasteiger partial charge >= 0.3 is 0 Å². The molecule has 26 heavy (non-hydrogen) atoms.